The van der Waals surface area contributed by atoms with Crippen molar-refractivity contribution in [3.63, 3.8) is 0 Å². The van der Waals surface area contributed by atoms with E-state index in [1.807, 2.05) is 19.1 Å². The zero-order valence-electron chi connectivity index (χ0n) is 19.3. The van der Waals surface area contributed by atoms with Crippen molar-refractivity contribution in [2.24, 2.45) is 0 Å². The van der Waals surface area contributed by atoms with Gasteiger partial charge in [0.1, 0.15) is 11.6 Å². The number of carbonyl (C=O) groups is 1. The average molecular weight is 422 g/mol. The number of nitrogens with zero attached hydrogens (tertiary/aromatic N) is 2. The van der Waals surface area contributed by atoms with Crippen LogP contribution in [0.15, 0.2) is 42.5 Å². The molecule has 1 heterocycles. The molecule has 1 amide bonds. The molecule has 2 aromatic carbocycles. The standard InChI is InChI=1S/C26H35N3O2/c1-5-26(30)27-15-14-25-28-22-10-6-7-11-23(22)29(25)16-8-9-17-31-24-18-20(4)12-13-21(24)19(2)3/h6-7,10-13,18-19H,5,8-9,14-17H2,1-4H3,(H,27,30). The van der Waals surface area contributed by atoms with E-state index in [2.05, 4.69) is 61.0 Å². The molecular formula is C26H35N3O2. The fourth-order valence-corrected chi connectivity index (χ4v) is 3.80. The van der Waals surface area contributed by atoms with E-state index >= 15 is 0 Å². The molecule has 0 aliphatic heterocycles. The number of nitrogens with one attached hydrogen (secondary N) is 1. The topological polar surface area (TPSA) is 56.2 Å². The molecule has 0 bridgehead atoms. The number of hydrogen-bond donors (Lipinski definition) is 1. The van der Waals surface area contributed by atoms with Crippen molar-refractivity contribution in [1.82, 2.24) is 14.9 Å². The Morgan fingerprint density at radius 1 is 1.16 bits per heavy atom. The third-order valence-corrected chi connectivity index (χ3v) is 5.55. The second-order valence-electron chi connectivity index (χ2n) is 8.37. The number of benzene rings is 2. The molecule has 0 unspecified atom stereocenters. The predicted molar refractivity (Wildman–Crippen MR) is 127 cm³/mol. The molecular weight excluding hydrogens is 386 g/mol. The van der Waals surface area contributed by atoms with E-state index in [0.29, 0.717) is 25.5 Å². The monoisotopic (exact) mass is 421 g/mol. The van der Waals surface area contributed by atoms with Crippen LogP contribution in [-0.4, -0.2) is 28.6 Å². The third kappa shape index (κ3) is 6.09. The summed E-state index contributed by atoms with van der Waals surface area (Å²) in [4.78, 5) is 16.4. The Morgan fingerprint density at radius 3 is 2.74 bits per heavy atom. The van der Waals surface area contributed by atoms with Crippen LogP contribution in [0.2, 0.25) is 0 Å². The van der Waals surface area contributed by atoms with Crippen molar-refractivity contribution in [1.29, 1.82) is 0 Å². The first-order valence-electron chi connectivity index (χ1n) is 11.4. The number of aromatic nitrogens is 2. The van der Waals surface area contributed by atoms with Crippen molar-refractivity contribution >= 4 is 16.9 Å². The number of para-hydroxylation sites is 2. The minimum atomic E-state index is 0.0803. The number of ether oxygens (including phenoxy) is 1. The normalized spacial score (nSPS) is 11.3. The highest BCUT2D eigenvalue weighted by Gasteiger charge is 2.11. The maximum absolute atomic E-state index is 11.6. The molecule has 5 nitrogen and oxygen atoms in total. The zero-order chi connectivity index (χ0) is 22.2. The fourth-order valence-electron chi connectivity index (χ4n) is 3.80. The first-order chi connectivity index (χ1) is 15.0. The Balaban J connectivity index is 1.59. The van der Waals surface area contributed by atoms with E-state index in [9.17, 15) is 4.79 Å². The van der Waals surface area contributed by atoms with Gasteiger partial charge in [0.05, 0.1) is 17.6 Å². The van der Waals surface area contributed by atoms with Gasteiger partial charge in [-0.25, -0.2) is 4.98 Å². The lowest BCUT2D eigenvalue weighted by atomic mass is 10.0. The second kappa shape index (κ2) is 11.0. The van der Waals surface area contributed by atoms with Crippen LogP contribution < -0.4 is 10.1 Å². The van der Waals surface area contributed by atoms with Gasteiger partial charge in [0, 0.05) is 25.9 Å². The van der Waals surface area contributed by atoms with Gasteiger partial charge < -0.3 is 14.6 Å². The van der Waals surface area contributed by atoms with E-state index in [1.54, 1.807) is 0 Å². The maximum Gasteiger partial charge on any atom is 0.219 e. The molecule has 31 heavy (non-hydrogen) atoms. The molecule has 0 fully saturated rings. The van der Waals surface area contributed by atoms with E-state index < -0.39 is 0 Å². The summed E-state index contributed by atoms with van der Waals surface area (Å²) in [6, 6.07) is 14.7. The molecule has 1 aromatic heterocycles. The lowest BCUT2D eigenvalue weighted by Crippen LogP contribution is -2.25. The van der Waals surface area contributed by atoms with Gasteiger partial charge >= 0.3 is 0 Å². The minimum Gasteiger partial charge on any atom is -0.493 e. The Hall–Kier alpha value is -2.82. The first kappa shape index (κ1) is 22.9. The number of fused-ring (bicyclic) bond motifs is 1. The van der Waals surface area contributed by atoms with Gasteiger partial charge in [-0.3, -0.25) is 4.79 Å². The average Bonchev–Trinajstić information content (AvgIpc) is 3.10. The Morgan fingerprint density at radius 2 is 1.97 bits per heavy atom. The predicted octanol–water partition coefficient (Wildman–Crippen LogP) is 5.40. The molecule has 3 rings (SSSR count). The lowest BCUT2D eigenvalue weighted by molar-refractivity contribution is -0.120. The highest BCUT2D eigenvalue weighted by Crippen LogP contribution is 2.27. The van der Waals surface area contributed by atoms with Gasteiger partial charge in [-0.15, -0.1) is 0 Å². The van der Waals surface area contributed by atoms with Crippen molar-refractivity contribution in [3.8, 4) is 5.75 Å². The zero-order valence-corrected chi connectivity index (χ0v) is 19.3. The summed E-state index contributed by atoms with van der Waals surface area (Å²) in [6.45, 7) is 10.6. The van der Waals surface area contributed by atoms with Crippen LogP contribution in [0.25, 0.3) is 11.0 Å². The molecule has 166 valence electrons. The van der Waals surface area contributed by atoms with Gasteiger partial charge in [0.2, 0.25) is 5.91 Å². The first-order valence-corrected chi connectivity index (χ1v) is 11.4. The molecule has 0 atom stereocenters. The Labute approximate surface area is 185 Å². The van der Waals surface area contributed by atoms with Crippen LogP contribution in [0.5, 0.6) is 5.75 Å². The van der Waals surface area contributed by atoms with Gasteiger partial charge in [0.15, 0.2) is 0 Å². The summed E-state index contributed by atoms with van der Waals surface area (Å²) in [5.74, 6) is 2.56. The largest absolute Gasteiger partial charge is 0.493 e. The van der Waals surface area contributed by atoms with Crippen LogP contribution in [0.4, 0.5) is 0 Å². The second-order valence-corrected chi connectivity index (χ2v) is 8.37. The molecule has 0 aliphatic rings. The van der Waals surface area contributed by atoms with Crippen molar-refractivity contribution in [2.45, 2.75) is 65.8 Å². The fraction of sp³-hybridized carbons (Fsp3) is 0.462. The third-order valence-electron chi connectivity index (χ3n) is 5.55. The number of hydrogen-bond acceptors (Lipinski definition) is 3. The van der Waals surface area contributed by atoms with Crippen LogP contribution in [0, 0.1) is 6.92 Å². The SMILES string of the molecule is CCC(=O)NCCc1nc2ccccc2n1CCCCOc1cc(C)ccc1C(C)C. The lowest BCUT2D eigenvalue weighted by Gasteiger charge is -2.15. The van der Waals surface area contributed by atoms with Crippen molar-refractivity contribution in [3.05, 3.63) is 59.4 Å². The van der Waals surface area contributed by atoms with Crippen LogP contribution in [-0.2, 0) is 17.8 Å². The van der Waals surface area contributed by atoms with E-state index in [1.165, 1.54) is 11.1 Å². The van der Waals surface area contributed by atoms with E-state index in [-0.39, 0.29) is 5.91 Å². The van der Waals surface area contributed by atoms with Crippen molar-refractivity contribution in [2.75, 3.05) is 13.2 Å². The maximum atomic E-state index is 11.6. The quantitative estimate of drug-likeness (QED) is 0.422. The number of carbonyl (C=O) groups excluding carboxylic acids is 1. The summed E-state index contributed by atoms with van der Waals surface area (Å²) in [5.41, 5.74) is 4.66. The van der Waals surface area contributed by atoms with E-state index in [0.717, 1.165) is 48.4 Å². The van der Waals surface area contributed by atoms with Gasteiger partial charge in [0.25, 0.3) is 0 Å². The van der Waals surface area contributed by atoms with Crippen molar-refractivity contribution < 1.29 is 9.53 Å². The van der Waals surface area contributed by atoms with Gasteiger partial charge in [-0.05, 0) is 55.0 Å². The van der Waals surface area contributed by atoms with Crippen LogP contribution in [0.3, 0.4) is 0 Å². The minimum absolute atomic E-state index is 0.0803. The van der Waals surface area contributed by atoms with Crippen LogP contribution in [0.1, 0.15) is 62.9 Å². The molecule has 0 saturated heterocycles. The smallest absolute Gasteiger partial charge is 0.219 e. The van der Waals surface area contributed by atoms with E-state index in [4.69, 9.17) is 9.72 Å². The summed E-state index contributed by atoms with van der Waals surface area (Å²) in [5, 5.41) is 2.95. The van der Waals surface area contributed by atoms with Gasteiger partial charge in [-0.1, -0.05) is 45.0 Å². The number of rotatable bonds is 11. The summed E-state index contributed by atoms with van der Waals surface area (Å²) < 4.78 is 8.44. The molecule has 0 spiro atoms. The highest BCUT2D eigenvalue weighted by molar-refractivity contribution is 5.76. The molecule has 0 aliphatic carbocycles. The summed E-state index contributed by atoms with van der Waals surface area (Å²) in [7, 11) is 0. The van der Waals surface area contributed by atoms with Crippen LogP contribution >= 0.6 is 0 Å². The Kier molecular flexibility index (Phi) is 8.10. The summed E-state index contributed by atoms with van der Waals surface area (Å²) >= 11 is 0. The molecule has 5 heteroatoms. The number of aryl methyl sites for hydroxylation is 2. The number of unbranched alkanes of at least 4 members (excludes halogenated alkanes) is 1. The summed E-state index contributed by atoms with van der Waals surface area (Å²) in [6.07, 6.45) is 3.23. The Bertz CT molecular complexity index is 1010. The van der Waals surface area contributed by atoms with Gasteiger partial charge in [-0.2, -0.15) is 0 Å². The molecule has 1 N–H and O–H groups in total. The highest BCUT2D eigenvalue weighted by atomic mass is 16.5. The molecule has 3 aromatic rings. The molecule has 0 radical (unpaired) electrons. The molecule has 0 saturated carbocycles. The number of amides is 1. The number of imidazole rings is 1.